The van der Waals surface area contributed by atoms with Gasteiger partial charge in [-0.1, -0.05) is 34.1 Å². The third kappa shape index (κ3) is 5.21. The Morgan fingerprint density at radius 2 is 2.00 bits per heavy atom. The van der Waals surface area contributed by atoms with E-state index >= 15 is 0 Å². The van der Waals surface area contributed by atoms with E-state index in [0.29, 0.717) is 26.2 Å². The fraction of sp³-hybridized carbons (Fsp3) is 0.529. The van der Waals surface area contributed by atoms with Gasteiger partial charge in [0.15, 0.2) is 6.54 Å². The number of quaternary nitrogens is 1. The summed E-state index contributed by atoms with van der Waals surface area (Å²) in [5.41, 5.74) is 1.06. The summed E-state index contributed by atoms with van der Waals surface area (Å²) in [6.45, 7) is 7.36. The van der Waals surface area contributed by atoms with Gasteiger partial charge in [0, 0.05) is 4.47 Å². The van der Waals surface area contributed by atoms with E-state index in [0.717, 1.165) is 23.1 Å². The molecule has 1 aliphatic rings. The second-order valence-corrected chi connectivity index (χ2v) is 6.78. The maximum atomic E-state index is 12.3. The predicted molar refractivity (Wildman–Crippen MR) is 94.9 cm³/mol. The smallest absolute Gasteiger partial charge is 0.410 e. The minimum absolute atomic E-state index is 0.0258. The van der Waals surface area contributed by atoms with E-state index in [-0.39, 0.29) is 18.0 Å². The van der Waals surface area contributed by atoms with Crippen molar-refractivity contribution in [3.63, 3.8) is 0 Å². The van der Waals surface area contributed by atoms with Crippen LogP contribution in [0.25, 0.3) is 0 Å². The van der Waals surface area contributed by atoms with Crippen LogP contribution in [-0.2, 0) is 9.53 Å². The van der Waals surface area contributed by atoms with Crippen LogP contribution in [0.2, 0.25) is 0 Å². The standard InChI is InChI=1S/C17H24BrN3O3/c1-3-24-17(23)21-10-8-20(9-11-21)12-16(22)19-13(2)14-6-4-5-7-15(14)18/h4-7,13H,3,8-12H2,1-2H3,(H,19,22)/p+1/t13-/m0/s1. The van der Waals surface area contributed by atoms with Gasteiger partial charge in [0.05, 0.1) is 38.8 Å². The molecule has 132 valence electrons. The Labute approximate surface area is 151 Å². The Morgan fingerprint density at radius 3 is 2.62 bits per heavy atom. The van der Waals surface area contributed by atoms with Crippen molar-refractivity contribution in [3.05, 3.63) is 34.3 Å². The normalized spacial score (nSPS) is 16.5. The highest BCUT2D eigenvalue weighted by atomic mass is 79.9. The minimum Gasteiger partial charge on any atom is -0.450 e. The molecule has 6 nitrogen and oxygen atoms in total. The molecule has 1 aliphatic heterocycles. The van der Waals surface area contributed by atoms with Crippen molar-refractivity contribution >= 4 is 27.9 Å². The highest BCUT2D eigenvalue weighted by molar-refractivity contribution is 9.10. The van der Waals surface area contributed by atoms with Crippen LogP contribution in [-0.4, -0.2) is 56.2 Å². The number of hydrogen-bond acceptors (Lipinski definition) is 3. The van der Waals surface area contributed by atoms with Crippen molar-refractivity contribution in [1.29, 1.82) is 0 Å². The number of benzene rings is 1. The monoisotopic (exact) mass is 398 g/mol. The SMILES string of the molecule is CCOC(=O)N1CC[NH+](CC(=O)N[C@@H](C)c2ccccc2Br)CC1. The van der Waals surface area contributed by atoms with Crippen LogP contribution in [0, 0.1) is 0 Å². The number of ether oxygens (including phenoxy) is 1. The van der Waals surface area contributed by atoms with Crippen LogP contribution in [0.1, 0.15) is 25.5 Å². The van der Waals surface area contributed by atoms with Gasteiger partial charge in [-0.15, -0.1) is 0 Å². The van der Waals surface area contributed by atoms with E-state index in [1.165, 1.54) is 4.90 Å². The largest absolute Gasteiger partial charge is 0.450 e. The molecule has 1 aromatic carbocycles. The molecule has 1 atom stereocenters. The Hall–Kier alpha value is -1.60. The third-order valence-electron chi connectivity index (χ3n) is 4.16. The molecule has 0 aromatic heterocycles. The fourth-order valence-corrected chi connectivity index (χ4v) is 3.45. The number of carbonyl (C=O) groups is 2. The molecule has 0 unspecified atom stereocenters. The lowest BCUT2D eigenvalue weighted by atomic mass is 10.1. The minimum atomic E-state index is -0.261. The maximum absolute atomic E-state index is 12.3. The molecule has 7 heteroatoms. The zero-order valence-corrected chi connectivity index (χ0v) is 15.8. The summed E-state index contributed by atoms with van der Waals surface area (Å²) in [5, 5.41) is 3.04. The number of nitrogens with one attached hydrogen (secondary N) is 2. The first-order valence-corrected chi connectivity index (χ1v) is 9.09. The molecule has 1 saturated heterocycles. The van der Waals surface area contributed by atoms with Crippen LogP contribution in [0.5, 0.6) is 0 Å². The van der Waals surface area contributed by atoms with Gasteiger partial charge in [0.2, 0.25) is 0 Å². The number of piperazine rings is 1. The summed E-state index contributed by atoms with van der Waals surface area (Å²) in [7, 11) is 0. The first kappa shape index (κ1) is 18.7. The molecule has 2 N–H and O–H groups in total. The second kappa shape index (κ2) is 9.03. The topological polar surface area (TPSA) is 63.1 Å². The lowest BCUT2D eigenvalue weighted by molar-refractivity contribution is -0.896. The van der Waals surface area contributed by atoms with Crippen LogP contribution in [0.3, 0.4) is 0 Å². The van der Waals surface area contributed by atoms with Crippen molar-refractivity contribution < 1.29 is 19.2 Å². The predicted octanol–water partition coefficient (Wildman–Crippen LogP) is 0.983. The summed E-state index contributed by atoms with van der Waals surface area (Å²) < 4.78 is 6.00. The molecule has 24 heavy (non-hydrogen) atoms. The van der Waals surface area contributed by atoms with E-state index < -0.39 is 0 Å². The molecule has 2 amide bonds. The summed E-state index contributed by atoms with van der Waals surface area (Å²) in [6.07, 6.45) is -0.261. The van der Waals surface area contributed by atoms with Crippen molar-refractivity contribution in [1.82, 2.24) is 10.2 Å². The molecule has 0 saturated carbocycles. The molecule has 0 radical (unpaired) electrons. The van der Waals surface area contributed by atoms with E-state index in [4.69, 9.17) is 4.74 Å². The maximum Gasteiger partial charge on any atom is 0.410 e. The zero-order chi connectivity index (χ0) is 17.5. The molecular weight excluding hydrogens is 374 g/mol. The first-order valence-electron chi connectivity index (χ1n) is 8.30. The number of halogens is 1. The number of carbonyl (C=O) groups excluding carboxylic acids is 2. The van der Waals surface area contributed by atoms with Crippen molar-refractivity contribution in [3.8, 4) is 0 Å². The van der Waals surface area contributed by atoms with Gasteiger partial charge >= 0.3 is 6.09 Å². The van der Waals surface area contributed by atoms with Gasteiger partial charge in [0.1, 0.15) is 0 Å². The summed E-state index contributed by atoms with van der Waals surface area (Å²) >= 11 is 3.51. The van der Waals surface area contributed by atoms with Gasteiger partial charge in [-0.05, 0) is 25.5 Å². The average molecular weight is 399 g/mol. The van der Waals surface area contributed by atoms with Crippen molar-refractivity contribution in [2.45, 2.75) is 19.9 Å². The molecular formula is C17H25BrN3O3+. The van der Waals surface area contributed by atoms with Gasteiger partial charge in [-0.25, -0.2) is 4.79 Å². The molecule has 0 bridgehead atoms. The molecule has 1 aromatic rings. The molecule has 0 aliphatic carbocycles. The molecule has 0 spiro atoms. The summed E-state index contributed by atoms with van der Waals surface area (Å²) in [4.78, 5) is 26.8. The van der Waals surface area contributed by atoms with E-state index in [1.54, 1.807) is 11.8 Å². The average Bonchev–Trinajstić information content (AvgIpc) is 2.56. The number of amides is 2. The van der Waals surface area contributed by atoms with Gasteiger partial charge in [-0.3, -0.25) is 9.69 Å². The van der Waals surface area contributed by atoms with Crippen LogP contribution < -0.4 is 10.2 Å². The molecule has 2 rings (SSSR count). The van der Waals surface area contributed by atoms with Crippen LogP contribution in [0.15, 0.2) is 28.7 Å². The van der Waals surface area contributed by atoms with E-state index in [1.807, 2.05) is 31.2 Å². The Morgan fingerprint density at radius 1 is 1.33 bits per heavy atom. The number of hydrogen-bond donors (Lipinski definition) is 2. The highest BCUT2D eigenvalue weighted by Crippen LogP contribution is 2.22. The van der Waals surface area contributed by atoms with Gasteiger partial charge in [0.25, 0.3) is 5.91 Å². The molecule has 1 heterocycles. The third-order valence-corrected chi connectivity index (χ3v) is 4.88. The highest BCUT2D eigenvalue weighted by Gasteiger charge is 2.26. The lowest BCUT2D eigenvalue weighted by Crippen LogP contribution is -3.15. The van der Waals surface area contributed by atoms with E-state index in [9.17, 15) is 9.59 Å². The quantitative estimate of drug-likeness (QED) is 0.776. The summed E-state index contributed by atoms with van der Waals surface area (Å²) in [5.74, 6) is 0.0258. The van der Waals surface area contributed by atoms with Crippen molar-refractivity contribution in [2.24, 2.45) is 0 Å². The molecule has 1 fully saturated rings. The zero-order valence-electron chi connectivity index (χ0n) is 14.2. The second-order valence-electron chi connectivity index (χ2n) is 5.92. The lowest BCUT2D eigenvalue weighted by Gasteiger charge is -2.31. The summed E-state index contributed by atoms with van der Waals surface area (Å²) in [6, 6.07) is 7.84. The first-order chi connectivity index (χ1) is 11.5. The van der Waals surface area contributed by atoms with Crippen LogP contribution in [0.4, 0.5) is 4.79 Å². The fourth-order valence-electron chi connectivity index (χ4n) is 2.82. The van der Waals surface area contributed by atoms with Crippen LogP contribution >= 0.6 is 15.9 Å². The Bertz CT molecular complexity index is 574. The number of rotatable bonds is 5. The van der Waals surface area contributed by atoms with Crippen molar-refractivity contribution in [2.75, 3.05) is 39.3 Å². The van der Waals surface area contributed by atoms with Gasteiger partial charge in [-0.2, -0.15) is 0 Å². The Kier molecular flexibility index (Phi) is 7.05. The number of nitrogens with zero attached hydrogens (tertiary/aromatic N) is 1. The van der Waals surface area contributed by atoms with Gasteiger partial charge < -0.3 is 15.0 Å². The Balaban J connectivity index is 1.77. The van der Waals surface area contributed by atoms with E-state index in [2.05, 4.69) is 21.2 Å².